The molecule has 6 atom stereocenters. The molecule has 0 aliphatic rings. The molecule has 0 saturated carbocycles. The Balaban J connectivity index is 1.69. The minimum absolute atomic E-state index is 0.00243. The lowest BCUT2D eigenvalue weighted by atomic mass is 9.95. The number of hydrogen-bond acceptors (Lipinski definition) is 19. The summed E-state index contributed by atoms with van der Waals surface area (Å²) in [6, 6.07) is -1.44. The highest BCUT2D eigenvalue weighted by atomic mass is 32.1. The molecule has 0 bridgehead atoms. The summed E-state index contributed by atoms with van der Waals surface area (Å²) >= 11 is 3.81. The average molecular weight is 1030 g/mol. The number of aliphatic carboxylic acids is 4. The van der Waals surface area contributed by atoms with Gasteiger partial charge in [-0.3, -0.25) is 53.1 Å². The molecular formula is C41H55N15O15S. The Kier molecular flexibility index (Phi) is 22.2. The Bertz CT molecular complexity index is 2580. The minimum Gasteiger partial charge on any atom is -0.481 e. The molecule has 1 aromatic carbocycles. The van der Waals surface area contributed by atoms with E-state index >= 15 is 0 Å². The molecule has 72 heavy (non-hydrogen) atoms. The van der Waals surface area contributed by atoms with E-state index in [4.69, 9.17) is 17.2 Å². The number of fused-ring (bicyclic) bond motifs is 1. The van der Waals surface area contributed by atoms with Crippen LogP contribution < -0.4 is 60.0 Å². The number of nitrogens with one attached hydrogen (secondary N) is 8. The molecule has 3 aromatic rings. The van der Waals surface area contributed by atoms with Gasteiger partial charge in [0.25, 0.3) is 11.5 Å². The highest BCUT2D eigenvalue weighted by Crippen LogP contribution is 2.14. The molecule has 31 heteroatoms. The molecule has 0 saturated heterocycles. The van der Waals surface area contributed by atoms with E-state index in [1.807, 2.05) is 10.6 Å². The summed E-state index contributed by atoms with van der Waals surface area (Å²) in [6.45, 7) is 0.947. The van der Waals surface area contributed by atoms with E-state index in [1.54, 1.807) is 19.1 Å². The van der Waals surface area contributed by atoms with Crippen molar-refractivity contribution in [1.82, 2.24) is 51.8 Å². The first-order chi connectivity index (χ1) is 33.9. The van der Waals surface area contributed by atoms with Gasteiger partial charge in [-0.15, -0.1) is 0 Å². The molecule has 0 radical (unpaired) electrons. The fourth-order valence-electron chi connectivity index (χ4n) is 6.49. The topological polar surface area (TPSA) is 498 Å². The third kappa shape index (κ3) is 19.1. The molecule has 3 rings (SSSR count). The van der Waals surface area contributed by atoms with Crippen LogP contribution in [0.1, 0.15) is 67.9 Å². The first-order valence-corrected chi connectivity index (χ1v) is 22.2. The third-order valence-corrected chi connectivity index (χ3v) is 10.5. The smallest absolute Gasteiger partial charge is 0.327 e. The molecule has 30 nitrogen and oxygen atoms in total. The van der Waals surface area contributed by atoms with Crippen LogP contribution in [-0.2, 0) is 49.7 Å². The number of carbonyl (C=O) groups is 10. The Labute approximate surface area is 413 Å². The van der Waals surface area contributed by atoms with E-state index in [0.717, 1.165) is 0 Å². The number of hydrogen-bond donors (Lipinski definition) is 16. The number of carboxylic acid groups (broad SMARTS) is 4. The highest BCUT2D eigenvalue weighted by molar-refractivity contribution is 7.80. The molecule has 5 amide bonds. The molecule has 2 heterocycles. The van der Waals surface area contributed by atoms with Crippen LogP contribution in [0.4, 0.5) is 11.6 Å². The Hall–Kier alpha value is -8.48. The fourth-order valence-corrected chi connectivity index (χ4v) is 6.74. The van der Waals surface area contributed by atoms with Gasteiger partial charge in [-0.2, -0.15) is 17.6 Å². The summed E-state index contributed by atoms with van der Waals surface area (Å²) in [4.78, 5) is 156. The van der Waals surface area contributed by atoms with Crippen molar-refractivity contribution in [2.75, 3.05) is 29.9 Å². The maximum Gasteiger partial charge on any atom is 0.327 e. The second-order valence-electron chi connectivity index (χ2n) is 16.0. The number of aromatic amines is 1. The van der Waals surface area contributed by atoms with Crippen molar-refractivity contribution in [2.45, 2.75) is 94.2 Å². The average Bonchev–Trinajstić information content (AvgIpc) is 3.30. The van der Waals surface area contributed by atoms with Crippen LogP contribution in [0, 0.1) is 0 Å². The number of aromatic nitrogens is 4. The SMILES string of the molecule is C[C@H](CCC(=O)N[C@@](C=O)(CN[C@@H](CCCN=C(N)N)C(=O)N[C@@H](CC(=O)O)C(=O)N[C@@H](CC(=O)O)C(=O)N[C@@H](CS)C(=O)O)CC(=O)O)NC(=O)c1ccc(NCc2cnc3nc(N)[nH]c(=O)c3n2)cc1. The van der Waals surface area contributed by atoms with Gasteiger partial charge in [0, 0.05) is 42.6 Å². The first kappa shape index (κ1) is 57.8. The number of guanidine groups is 1. The van der Waals surface area contributed by atoms with Crippen LogP contribution in [0.25, 0.3) is 11.2 Å². The number of aliphatic imine (C=N–C) groups is 1. The lowest BCUT2D eigenvalue weighted by molar-refractivity contribution is -0.144. The third-order valence-electron chi connectivity index (χ3n) is 10.1. The summed E-state index contributed by atoms with van der Waals surface area (Å²) < 4.78 is 0. The lowest BCUT2D eigenvalue weighted by Crippen LogP contribution is -2.61. The number of nitrogen functional groups attached to an aromatic ring is 1. The number of thiol groups is 1. The first-order valence-electron chi connectivity index (χ1n) is 21.6. The largest absolute Gasteiger partial charge is 0.481 e. The quantitative estimate of drug-likeness (QED) is 0.00954. The number of benzene rings is 1. The molecule has 0 spiro atoms. The summed E-state index contributed by atoms with van der Waals surface area (Å²) in [5.41, 5.74) is 14.9. The summed E-state index contributed by atoms with van der Waals surface area (Å²) in [5.74, 6) is -12.3. The van der Waals surface area contributed by atoms with Crippen molar-refractivity contribution < 1.29 is 68.4 Å². The molecule has 0 aliphatic heterocycles. The number of carbonyl (C=O) groups excluding carboxylic acids is 6. The zero-order valence-corrected chi connectivity index (χ0v) is 39.3. The van der Waals surface area contributed by atoms with Gasteiger partial charge in [-0.1, -0.05) is 0 Å². The number of carboxylic acids is 4. The van der Waals surface area contributed by atoms with Crippen molar-refractivity contribution in [1.29, 1.82) is 0 Å². The van der Waals surface area contributed by atoms with Crippen LogP contribution in [0.5, 0.6) is 0 Å². The van der Waals surface area contributed by atoms with Crippen molar-refractivity contribution >= 4 is 101 Å². The van der Waals surface area contributed by atoms with E-state index in [1.165, 1.54) is 18.3 Å². The van der Waals surface area contributed by atoms with E-state index < -0.39 is 126 Å². The second-order valence-corrected chi connectivity index (χ2v) is 16.4. The molecule has 18 N–H and O–H groups in total. The summed E-state index contributed by atoms with van der Waals surface area (Å²) in [7, 11) is 0. The van der Waals surface area contributed by atoms with Gasteiger partial charge >= 0.3 is 23.9 Å². The number of anilines is 2. The molecule has 390 valence electrons. The number of aldehydes is 1. The Morgan fingerprint density at radius 2 is 1.43 bits per heavy atom. The predicted octanol–water partition coefficient (Wildman–Crippen LogP) is -4.24. The van der Waals surface area contributed by atoms with E-state index in [2.05, 4.69) is 64.1 Å². The Morgan fingerprint density at radius 3 is 1.97 bits per heavy atom. The Morgan fingerprint density at radius 1 is 0.833 bits per heavy atom. The summed E-state index contributed by atoms with van der Waals surface area (Å²) in [6.07, 6.45) is -2.24. The highest BCUT2D eigenvalue weighted by Gasteiger charge is 2.37. The maximum atomic E-state index is 13.8. The molecular weight excluding hydrogens is 975 g/mol. The lowest BCUT2D eigenvalue weighted by Gasteiger charge is -2.31. The number of nitrogens with two attached hydrogens (primary N) is 3. The van der Waals surface area contributed by atoms with Crippen molar-refractivity contribution in [3.05, 3.63) is 52.1 Å². The van der Waals surface area contributed by atoms with E-state index in [0.29, 0.717) is 11.4 Å². The van der Waals surface area contributed by atoms with Gasteiger partial charge in [-0.25, -0.2) is 14.8 Å². The number of rotatable bonds is 31. The fraction of sp³-hybridized carbons (Fsp3) is 0.439. The van der Waals surface area contributed by atoms with E-state index in [9.17, 15) is 73.2 Å². The van der Waals surface area contributed by atoms with Crippen LogP contribution in [0.2, 0.25) is 0 Å². The molecule has 0 unspecified atom stereocenters. The van der Waals surface area contributed by atoms with Crippen molar-refractivity contribution in [3.8, 4) is 0 Å². The zero-order chi connectivity index (χ0) is 53.7. The zero-order valence-electron chi connectivity index (χ0n) is 38.4. The van der Waals surface area contributed by atoms with Crippen molar-refractivity contribution in [2.24, 2.45) is 16.5 Å². The molecule has 0 aliphatic carbocycles. The minimum atomic E-state index is -2.22. The van der Waals surface area contributed by atoms with Gasteiger partial charge in [0.1, 0.15) is 30.0 Å². The van der Waals surface area contributed by atoms with Crippen LogP contribution in [-0.4, -0.2) is 161 Å². The number of nitrogens with zero attached hydrogens (tertiary/aromatic N) is 4. The summed E-state index contributed by atoms with van der Waals surface area (Å²) in [5, 5.41) is 55.0. The van der Waals surface area contributed by atoms with Gasteiger partial charge in [-0.05, 0) is 50.5 Å². The normalized spacial score (nSPS) is 13.8. The van der Waals surface area contributed by atoms with Gasteiger partial charge in [0.15, 0.2) is 17.1 Å². The standard InChI is InChI=1S/C41H55N15O15S/c1-19(49-33(65)20-5-7-21(8-6-20)46-14-22-15-47-32-31(50-22)37(69)55-40(44)54-32)4-9-27(58)56-41(18-57,13-30(63)64)17-48-23(3-2-10-45-39(42)43)34(66)51-24(11-28(59)60)35(67)52-25(12-29(61)62)36(68)53-26(16-72)38(70)71/h5-8,15,18-19,23-26,46,48,72H,2-4,9-14,16-17H2,1H3,(H,49,65)(H,51,66)(H,52,67)(H,53,68)(H,56,58)(H,59,60)(H,61,62)(H,63,64)(H,70,71)(H4,42,43,45)(H3,44,47,54,55,69)/t19-,23+,24+,25+,26+,41-/m1/s1. The van der Waals surface area contributed by atoms with Crippen LogP contribution in [0.15, 0.2) is 40.2 Å². The van der Waals surface area contributed by atoms with Crippen LogP contribution in [0.3, 0.4) is 0 Å². The maximum absolute atomic E-state index is 13.8. The van der Waals surface area contributed by atoms with Gasteiger partial charge < -0.3 is 79.6 Å². The van der Waals surface area contributed by atoms with Crippen LogP contribution >= 0.6 is 12.6 Å². The van der Waals surface area contributed by atoms with Gasteiger partial charge in [0.2, 0.25) is 29.6 Å². The molecule has 2 aromatic heterocycles. The monoisotopic (exact) mass is 1030 g/mol. The second kappa shape index (κ2) is 27.6. The predicted molar refractivity (Wildman–Crippen MR) is 255 cm³/mol. The molecule has 0 fully saturated rings. The number of amides is 5. The van der Waals surface area contributed by atoms with Gasteiger partial charge in [0.05, 0.1) is 43.7 Å². The number of H-pyrrole nitrogens is 1. The van der Waals surface area contributed by atoms with E-state index in [-0.39, 0.29) is 73.7 Å². The van der Waals surface area contributed by atoms with Crippen molar-refractivity contribution in [3.63, 3.8) is 0 Å².